The Bertz CT molecular complexity index is 203. The maximum atomic E-state index is 5.96. The van der Waals surface area contributed by atoms with Gasteiger partial charge in [-0.1, -0.05) is 11.8 Å². The highest BCUT2D eigenvalue weighted by molar-refractivity contribution is 8.03. The molecule has 0 aromatic rings. The van der Waals surface area contributed by atoms with E-state index in [0.717, 1.165) is 25.9 Å². The fraction of sp³-hybridized carbons (Fsp3) is 0.778. The summed E-state index contributed by atoms with van der Waals surface area (Å²) in [6.07, 6.45) is 2.22. The Morgan fingerprint density at radius 3 is 2.54 bits per heavy atom. The molecule has 13 heavy (non-hydrogen) atoms. The van der Waals surface area contributed by atoms with Crippen molar-refractivity contribution in [3.05, 3.63) is 10.6 Å². The van der Waals surface area contributed by atoms with Crippen molar-refractivity contribution < 1.29 is 0 Å². The standard InChI is InChI=1S/C9H19N3S/c1-7-8(2)13-9(11)12(7)6-4-3-5-10/h9H,3-6,10-11H2,1-2H3. The van der Waals surface area contributed by atoms with Crippen LogP contribution in [0.1, 0.15) is 26.7 Å². The van der Waals surface area contributed by atoms with Gasteiger partial charge in [0.25, 0.3) is 0 Å². The van der Waals surface area contributed by atoms with E-state index >= 15 is 0 Å². The average Bonchev–Trinajstić information content (AvgIpc) is 2.32. The molecule has 1 unspecified atom stereocenters. The SMILES string of the molecule is CC1=C(C)N(CCCCN)C(N)S1. The second kappa shape index (κ2) is 4.88. The molecular weight excluding hydrogens is 182 g/mol. The monoisotopic (exact) mass is 201 g/mol. The second-order valence-corrected chi connectivity index (χ2v) is 4.67. The molecule has 3 nitrogen and oxygen atoms in total. The van der Waals surface area contributed by atoms with Crippen molar-refractivity contribution in [2.75, 3.05) is 13.1 Å². The average molecular weight is 201 g/mol. The molecule has 0 fully saturated rings. The molecule has 76 valence electrons. The first-order valence-corrected chi connectivity index (χ1v) is 5.61. The van der Waals surface area contributed by atoms with E-state index in [-0.39, 0.29) is 5.50 Å². The topological polar surface area (TPSA) is 55.3 Å². The molecule has 1 rings (SSSR count). The van der Waals surface area contributed by atoms with Crippen LogP contribution in [0.3, 0.4) is 0 Å². The van der Waals surface area contributed by atoms with Gasteiger partial charge in [-0.15, -0.1) is 0 Å². The lowest BCUT2D eigenvalue weighted by Gasteiger charge is -2.24. The van der Waals surface area contributed by atoms with Crippen LogP contribution in [0.4, 0.5) is 0 Å². The molecule has 0 saturated heterocycles. The molecule has 1 aliphatic rings. The van der Waals surface area contributed by atoms with E-state index in [1.54, 1.807) is 11.8 Å². The van der Waals surface area contributed by atoms with Gasteiger partial charge in [-0.25, -0.2) is 0 Å². The van der Waals surface area contributed by atoms with Crippen molar-refractivity contribution >= 4 is 11.8 Å². The van der Waals surface area contributed by atoms with Gasteiger partial charge in [-0.2, -0.15) is 0 Å². The maximum absolute atomic E-state index is 5.96. The van der Waals surface area contributed by atoms with Crippen LogP contribution in [0.2, 0.25) is 0 Å². The summed E-state index contributed by atoms with van der Waals surface area (Å²) in [6, 6.07) is 0. The van der Waals surface area contributed by atoms with E-state index in [0.29, 0.717) is 0 Å². The zero-order chi connectivity index (χ0) is 9.84. The summed E-state index contributed by atoms with van der Waals surface area (Å²) in [5, 5.41) is 0. The van der Waals surface area contributed by atoms with Crippen LogP contribution in [-0.4, -0.2) is 23.5 Å². The van der Waals surface area contributed by atoms with E-state index in [1.807, 2.05) is 0 Å². The third kappa shape index (κ3) is 2.62. The molecule has 4 heteroatoms. The number of allylic oxidation sites excluding steroid dienone is 2. The first-order chi connectivity index (χ1) is 6.16. The lowest BCUT2D eigenvalue weighted by atomic mass is 10.3. The molecular formula is C9H19N3S. The van der Waals surface area contributed by atoms with Gasteiger partial charge in [0, 0.05) is 17.1 Å². The first-order valence-electron chi connectivity index (χ1n) is 4.73. The lowest BCUT2D eigenvalue weighted by molar-refractivity contribution is 0.329. The van der Waals surface area contributed by atoms with Gasteiger partial charge in [0.2, 0.25) is 0 Å². The summed E-state index contributed by atoms with van der Waals surface area (Å²) in [4.78, 5) is 3.61. The Morgan fingerprint density at radius 2 is 2.08 bits per heavy atom. The number of nitrogens with zero attached hydrogens (tertiary/aromatic N) is 1. The van der Waals surface area contributed by atoms with Gasteiger partial charge in [0.1, 0.15) is 5.50 Å². The van der Waals surface area contributed by atoms with Crippen LogP contribution in [-0.2, 0) is 0 Å². The zero-order valence-electron chi connectivity index (χ0n) is 8.42. The second-order valence-electron chi connectivity index (χ2n) is 3.34. The first kappa shape index (κ1) is 10.9. The molecule has 0 saturated carbocycles. The van der Waals surface area contributed by atoms with Crippen LogP contribution in [0, 0.1) is 0 Å². The minimum atomic E-state index is 0.123. The number of nitrogens with two attached hydrogens (primary N) is 2. The predicted molar refractivity (Wildman–Crippen MR) is 58.9 cm³/mol. The third-order valence-electron chi connectivity index (χ3n) is 2.40. The van der Waals surface area contributed by atoms with Crippen molar-refractivity contribution in [3.63, 3.8) is 0 Å². The molecule has 0 bridgehead atoms. The molecule has 0 aromatic carbocycles. The summed E-state index contributed by atoms with van der Waals surface area (Å²) >= 11 is 1.75. The van der Waals surface area contributed by atoms with Gasteiger partial charge in [0.05, 0.1) is 0 Å². The van der Waals surface area contributed by atoms with E-state index < -0.39 is 0 Å². The van der Waals surface area contributed by atoms with E-state index in [4.69, 9.17) is 11.5 Å². The molecule has 0 aromatic heterocycles. The van der Waals surface area contributed by atoms with E-state index in [1.165, 1.54) is 10.6 Å². The van der Waals surface area contributed by atoms with Gasteiger partial charge in [-0.05, 0) is 33.2 Å². The molecule has 0 radical (unpaired) electrons. The minimum absolute atomic E-state index is 0.123. The summed E-state index contributed by atoms with van der Waals surface area (Å²) in [5.74, 6) is 0. The number of unbranched alkanes of at least 4 members (excludes halogenated alkanes) is 1. The van der Waals surface area contributed by atoms with Crippen molar-refractivity contribution in [1.82, 2.24) is 4.90 Å². The predicted octanol–water partition coefficient (Wildman–Crippen LogP) is 1.27. The van der Waals surface area contributed by atoms with Crippen LogP contribution in [0.5, 0.6) is 0 Å². The Balaban J connectivity index is 2.40. The van der Waals surface area contributed by atoms with Gasteiger partial charge < -0.3 is 16.4 Å². The molecule has 1 atom stereocenters. The quantitative estimate of drug-likeness (QED) is 0.673. The molecule has 0 aliphatic carbocycles. The molecule has 1 heterocycles. The van der Waals surface area contributed by atoms with Gasteiger partial charge in [-0.3, -0.25) is 0 Å². The van der Waals surface area contributed by atoms with Crippen molar-refractivity contribution in [3.8, 4) is 0 Å². The van der Waals surface area contributed by atoms with Crippen LogP contribution in [0.25, 0.3) is 0 Å². The largest absolute Gasteiger partial charge is 0.350 e. The number of rotatable bonds is 4. The van der Waals surface area contributed by atoms with Gasteiger partial charge in [0.15, 0.2) is 0 Å². The third-order valence-corrected chi connectivity index (χ3v) is 3.54. The smallest absolute Gasteiger partial charge is 0.129 e. The Morgan fingerprint density at radius 1 is 1.38 bits per heavy atom. The van der Waals surface area contributed by atoms with Gasteiger partial charge >= 0.3 is 0 Å². The Labute approximate surface area is 84.5 Å². The number of hydrogen-bond donors (Lipinski definition) is 2. The Kier molecular flexibility index (Phi) is 4.09. The van der Waals surface area contributed by atoms with Crippen LogP contribution in [0.15, 0.2) is 10.6 Å². The number of hydrogen-bond acceptors (Lipinski definition) is 4. The highest BCUT2D eigenvalue weighted by atomic mass is 32.2. The van der Waals surface area contributed by atoms with Crippen molar-refractivity contribution in [2.45, 2.75) is 32.2 Å². The highest BCUT2D eigenvalue weighted by Gasteiger charge is 2.23. The maximum Gasteiger partial charge on any atom is 0.129 e. The Hall–Kier alpha value is -0.190. The number of thioether (sulfide) groups is 1. The summed E-state index contributed by atoms with van der Waals surface area (Å²) in [6.45, 7) is 6.08. The minimum Gasteiger partial charge on any atom is -0.350 e. The lowest BCUT2D eigenvalue weighted by Crippen LogP contribution is -2.35. The molecule has 0 amide bonds. The van der Waals surface area contributed by atoms with E-state index in [2.05, 4.69) is 18.7 Å². The van der Waals surface area contributed by atoms with Crippen molar-refractivity contribution in [2.24, 2.45) is 11.5 Å². The molecule has 1 aliphatic heterocycles. The summed E-state index contributed by atoms with van der Waals surface area (Å²) < 4.78 is 0. The zero-order valence-corrected chi connectivity index (χ0v) is 9.23. The fourth-order valence-electron chi connectivity index (χ4n) is 1.44. The molecule has 4 N–H and O–H groups in total. The summed E-state index contributed by atoms with van der Waals surface area (Å²) in [5.41, 5.74) is 12.9. The van der Waals surface area contributed by atoms with Crippen LogP contribution < -0.4 is 11.5 Å². The normalized spacial score (nSPS) is 23.1. The highest BCUT2D eigenvalue weighted by Crippen LogP contribution is 2.34. The van der Waals surface area contributed by atoms with Crippen LogP contribution >= 0.6 is 11.8 Å². The summed E-state index contributed by atoms with van der Waals surface area (Å²) in [7, 11) is 0. The molecule has 0 spiro atoms. The van der Waals surface area contributed by atoms with Crippen molar-refractivity contribution in [1.29, 1.82) is 0 Å². The fourth-order valence-corrected chi connectivity index (χ4v) is 2.49. The van der Waals surface area contributed by atoms with E-state index in [9.17, 15) is 0 Å².